The predicted molar refractivity (Wildman–Crippen MR) is 99.9 cm³/mol. The lowest BCUT2D eigenvalue weighted by molar-refractivity contribution is -0.274. The lowest BCUT2D eigenvalue weighted by atomic mass is 10.2. The third-order valence-corrected chi connectivity index (χ3v) is 6.28. The minimum absolute atomic E-state index is 0.00641. The molecule has 1 N–H and O–H groups in total. The smallest absolute Gasteiger partial charge is 0.460 e. The topological polar surface area (TPSA) is 84.9 Å². The van der Waals surface area contributed by atoms with Crippen molar-refractivity contribution in [2.45, 2.75) is 23.9 Å². The highest BCUT2D eigenvalue weighted by atomic mass is 32.2. The Kier molecular flexibility index (Phi) is 6.64. The molecule has 1 heterocycles. The first-order valence-electron chi connectivity index (χ1n) is 8.96. The van der Waals surface area contributed by atoms with Gasteiger partial charge in [0.25, 0.3) is 0 Å². The number of nitrogens with one attached hydrogen (secondary N) is 1. The van der Waals surface area contributed by atoms with Gasteiger partial charge in [-0.2, -0.15) is 4.31 Å². The molecular formula is C19H19F3N2O5S. The third-order valence-electron chi connectivity index (χ3n) is 4.35. The van der Waals surface area contributed by atoms with Gasteiger partial charge in [0.1, 0.15) is 18.4 Å². The Hall–Kier alpha value is -2.63. The summed E-state index contributed by atoms with van der Waals surface area (Å²) in [4.78, 5) is 12.3. The van der Waals surface area contributed by atoms with Gasteiger partial charge in [0.15, 0.2) is 0 Å². The van der Waals surface area contributed by atoms with E-state index in [2.05, 4.69) is 10.1 Å². The summed E-state index contributed by atoms with van der Waals surface area (Å²) in [6.45, 7) is 0.376. The summed E-state index contributed by atoms with van der Waals surface area (Å²) >= 11 is 0. The van der Waals surface area contributed by atoms with Crippen LogP contribution in [0.25, 0.3) is 0 Å². The van der Waals surface area contributed by atoms with E-state index < -0.39 is 34.1 Å². The molecule has 1 aliphatic heterocycles. The molecule has 0 aromatic heterocycles. The normalized spacial score (nSPS) is 18.0. The third kappa shape index (κ3) is 5.49. The molecule has 0 amide bonds. The van der Waals surface area contributed by atoms with Crippen LogP contribution >= 0.6 is 0 Å². The number of halogens is 3. The van der Waals surface area contributed by atoms with Gasteiger partial charge in [-0.3, -0.25) is 4.79 Å². The Morgan fingerprint density at radius 3 is 2.40 bits per heavy atom. The second-order valence-electron chi connectivity index (χ2n) is 6.45. The van der Waals surface area contributed by atoms with Gasteiger partial charge >= 0.3 is 12.3 Å². The number of nitrogens with zero attached hydrogens (tertiary/aromatic N) is 1. The van der Waals surface area contributed by atoms with E-state index in [4.69, 9.17) is 4.74 Å². The van der Waals surface area contributed by atoms with Crippen LogP contribution in [0.2, 0.25) is 0 Å². The van der Waals surface area contributed by atoms with Gasteiger partial charge in [-0.1, -0.05) is 30.3 Å². The molecule has 1 fully saturated rings. The summed E-state index contributed by atoms with van der Waals surface area (Å²) in [6.07, 6.45) is -4.88. The van der Waals surface area contributed by atoms with Crippen molar-refractivity contribution < 1.29 is 35.9 Å². The summed E-state index contributed by atoms with van der Waals surface area (Å²) in [5.74, 6) is -1.26. The molecule has 30 heavy (non-hydrogen) atoms. The van der Waals surface area contributed by atoms with Crippen molar-refractivity contribution in [1.29, 1.82) is 0 Å². The lowest BCUT2D eigenvalue weighted by Gasteiger charge is -2.33. The molecule has 162 valence electrons. The van der Waals surface area contributed by atoms with Crippen LogP contribution in [0.15, 0.2) is 59.5 Å². The molecular weight excluding hydrogens is 425 g/mol. The van der Waals surface area contributed by atoms with E-state index in [0.29, 0.717) is 6.54 Å². The molecule has 11 heteroatoms. The highest BCUT2D eigenvalue weighted by Crippen LogP contribution is 2.26. The fourth-order valence-electron chi connectivity index (χ4n) is 2.95. The van der Waals surface area contributed by atoms with Crippen molar-refractivity contribution >= 4 is 16.0 Å². The standard InChI is InChI=1S/C19H19F3N2O5S/c20-19(21,22)29-15-6-8-16(9-7-15)30(26,27)24-11-10-23-12-17(24)18(25)28-13-14-4-2-1-3-5-14/h1-9,17,23H,10-13H2/t17-/m1/s1. The second kappa shape index (κ2) is 9.02. The molecule has 1 atom stereocenters. The zero-order valence-corrected chi connectivity index (χ0v) is 16.4. The van der Waals surface area contributed by atoms with Crippen LogP contribution in [0, 0.1) is 0 Å². The van der Waals surface area contributed by atoms with Gasteiger partial charge in [-0.05, 0) is 29.8 Å². The number of sulfonamides is 1. The zero-order chi connectivity index (χ0) is 21.8. The number of ether oxygens (including phenoxy) is 2. The van der Waals surface area contributed by atoms with E-state index in [1.165, 1.54) is 0 Å². The molecule has 2 aromatic carbocycles. The number of piperazine rings is 1. The number of carbonyl (C=O) groups excluding carboxylic acids is 1. The Balaban J connectivity index is 1.74. The van der Waals surface area contributed by atoms with Gasteiger partial charge in [-0.15, -0.1) is 13.2 Å². The van der Waals surface area contributed by atoms with Crippen molar-refractivity contribution in [1.82, 2.24) is 9.62 Å². The fourth-order valence-corrected chi connectivity index (χ4v) is 4.53. The minimum atomic E-state index is -4.88. The van der Waals surface area contributed by atoms with Crippen molar-refractivity contribution in [3.05, 3.63) is 60.2 Å². The van der Waals surface area contributed by atoms with E-state index in [9.17, 15) is 26.4 Å². The summed E-state index contributed by atoms with van der Waals surface area (Å²) in [5, 5.41) is 2.95. The summed E-state index contributed by atoms with van der Waals surface area (Å²) in [5.41, 5.74) is 0.754. The molecule has 2 aromatic rings. The molecule has 1 saturated heterocycles. The van der Waals surface area contributed by atoms with E-state index in [0.717, 1.165) is 34.1 Å². The highest BCUT2D eigenvalue weighted by Gasteiger charge is 2.39. The molecule has 0 spiro atoms. The van der Waals surface area contributed by atoms with Crippen LogP contribution in [0.4, 0.5) is 13.2 Å². The van der Waals surface area contributed by atoms with Crippen LogP contribution in [0.1, 0.15) is 5.56 Å². The maximum Gasteiger partial charge on any atom is 0.573 e. The SMILES string of the molecule is O=C(OCc1ccccc1)[C@H]1CNCCN1S(=O)(=O)c1ccc(OC(F)(F)F)cc1. The van der Waals surface area contributed by atoms with Gasteiger partial charge in [0, 0.05) is 19.6 Å². The van der Waals surface area contributed by atoms with Crippen molar-refractivity contribution in [2.75, 3.05) is 19.6 Å². The Bertz CT molecular complexity index is 966. The molecule has 0 saturated carbocycles. The van der Waals surface area contributed by atoms with Crippen LogP contribution in [0.3, 0.4) is 0 Å². The van der Waals surface area contributed by atoms with E-state index >= 15 is 0 Å². The quantitative estimate of drug-likeness (QED) is 0.689. The molecule has 1 aliphatic rings. The van der Waals surface area contributed by atoms with Crippen LogP contribution in [-0.2, 0) is 26.2 Å². The molecule has 0 unspecified atom stereocenters. The largest absolute Gasteiger partial charge is 0.573 e. The maximum atomic E-state index is 13.0. The van der Waals surface area contributed by atoms with Crippen LogP contribution < -0.4 is 10.1 Å². The minimum Gasteiger partial charge on any atom is -0.460 e. The first-order valence-corrected chi connectivity index (χ1v) is 10.4. The first-order chi connectivity index (χ1) is 14.2. The van der Waals surface area contributed by atoms with E-state index in [-0.39, 0.29) is 24.6 Å². The van der Waals surface area contributed by atoms with Crippen LogP contribution in [0.5, 0.6) is 5.75 Å². The number of hydrogen-bond acceptors (Lipinski definition) is 6. The number of carbonyl (C=O) groups is 1. The van der Waals surface area contributed by atoms with Crippen molar-refractivity contribution in [3.8, 4) is 5.75 Å². The monoisotopic (exact) mass is 444 g/mol. The number of hydrogen-bond donors (Lipinski definition) is 1. The maximum absolute atomic E-state index is 13.0. The van der Waals surface area contributed by atoms with Gasteiger partial charge < -0.3 is 14.8 Å². The van der Waals surface area contributed by atoms with E-state index in [1.807, 2.05) is 6.07 Å². The van der Waals surface area contributed by atoms with Gasteiger partial charge in [-0.25, -0.2) is 8.42 Å². The number of esters is 1. The second-order valence-corrected chi connectivity index (χ2v) is 8.34. The highest BCUT2D eigenvalue weighted by molar-refractivity contribution is 7.89. The number of benzene rings is 2. The Morgan fingerprint density at radius 1 is 1.10 bits per heavy atom. The zero-order valence-electron chi connectivity index (χ0n) is 15.6. The summed E-state index contributed by atoms with van der Waals surface area (Å²) in [7, 11) is -4.14. The average molecular weight is 444 g/mol. The van der Waals surface area contributed by atoms with E-state index in [1.54, 1.807) is 24.3 Å². The molecule has 0 aliphatic carbocycles. The summed E-state index contributed by atoms with van der Waals surface area (Å²) in [6, 6.07) is 11.7. The molecule has 7 nitrogen and oxygen atoms in total. The average Bonchev–Trinajstić information content (AvgIpc) is 2.72. The molecule has 3 rings (SSSR count). The van der Waals surface area contributed by atoms with Gasteiger partial charge in [0.05, 0.1) is 4.90 Å². The lowest BCUT2D eigenvalue weighted by Crippen LogP contribution is -2.57. The Morgan fingerprint density at radius 2 is 1.77 bits per heavy atom. The van der Waals surface area contributed by atoms with Crippen molar-refractivity contribution in [2.24, 2.45) is 0 Å². The predicted octanol–water partition coefficient (Wildman–Crippen LogP) is 2.29. The number of rotatable bonds is 6. The Labute approximate surface area is 171 Å². The molecule has 0 radical (unpaired) electrons. The van der Waals surface area contributed by atoms with Crippen molar-refractivity contribution in [3.63, 3.8) is 0 Å². The number of alkyl halides is 3. The van der Waals surface area contributed by atoms with Gasteiger partial charge in [0.2, 0.25) is 10.0 Å². The van der Waals surface area contributed by atoms with Crippen LogP contribution in [-0.4, -0.2) is 50.7 Å². The fraction of sp³-hybridized carbons (Fsp3) is 0.316. The molecule has 0 bridgehead atoms. The first kappa shape index (κ1) is 22.1. The summed E-state index contributed by atoms with van der Waals surface area (Å²) < 4.78 is 72.9.